The third-order valence-corrected chi connectivity index (χ3v) is 1.19. The van der Waals surface area contributed by atoms with E-state index in [-0.39, 0.29) is 5.92 Å². The second kappa shape index (κ2) is 7.69. The van der Waals surface area contributed by atoms with Crippen molar-refractivity contribution in [2.45, 2.75) is 13.8 Å². The minimum absolute atomic E-state index is 0.00312. The molecule has 0 N–H and O–H groups in total. The van der Waals surface area contributed by atoms with Crippen LogP contribution in [-0.2, 0) is 14.3 Å². The van der Waals surface area contributed by atoms with E-state index in [0.29, 0.717) is 26.4 Å². The quantitative estimate of drug-likeness (QED) is 0.409. The molecule has 0 fully saturated rings. The molecule has 0 unspecified atom stereocenters. The summed E-state index contributed by atoms with van der Waals surface area (Å²) in [6.45, 7) is 6.17. The third kappa shape index (κ3) is 7.49. The van der Waals surface area contributed by atoms with Crippen LogP contribution < -0.4 is 0 Å². The first-order valence-electron chi connectivity index (χ1n) is 3.92. The molecule has 0 aromatic rings. The summed E-state index contributed by atoms with van der Waals surface area (Å²) >= 11 is 0. The number of carbonyl (C=O) groups excluding carboxylic acids is 1. The van der Waals surface area contributed by atoms with E-state index in [2.05, 4.69) is 0 Å². The summed E-state index contributed by atoms with van der Waals surface area (Å²) in [4.78, 5) is 10.1. The Balaban J connectivity index is 2.95. The van der Waals surface area contributed by atoms with Crippen LogP contribution in [0.15, 0.2) is 0 Å². The lowest BCUT2D eigenvalue weighted by molar-refractivity contribution is -0.112. The van der Waals surface area contributed by atoms with Crippen molar-refractivity contribution in [3.63, 3.8) is 0 Å². The highest BCUT2D eigenvalue weighted by atomic mass is 16.5. The van der Waals surface area contributed by atoms with Crippen molar-refractivity contribution in [2.24, 2.45) is 5.92 Å². The van der Waals surface area contributed by atoms with Crippen LogP contribution in [0.1, 0.15) is 13.8 Å². The second-order valence-corrected chi connectivity index (χ2v) is 2.39. The van der Waals surface area contributed by atoms with Gasteiger partial charge in [-0.25, -0.2) is 0 Å². The molecule has 66 valence electrons. The molecule has 0 saturated carbocycles. The van der Waals surface area contributed by atoms with Crippen molar-refractivity contribution in [2.75, 3.05) is 26.4 Å². The number of hydrogen-bond donors (Lipinski definition) is 0. The summed E-state index contributed by atoms with van der Waals surface area (Å²) in [5.74, 6) is -0.00312. The van der Waals surface area contributed by atoms with E-state index < -0.39 is 0 Å². The summed E-state index contributed by atoms with van der Waals surface area (Å²) in [5, 5.41) is 0. The Hall–Kier alpha value is -0.410. The van der Waals surface area contributed by atoms with Crippen LogP contribution in [0.3, 0.4) is 0 Å². The van der Waals surface area contributed by atoms with Crippen molar-refractivity contribution >= 4 is 6.29 Å². The monoisotopic (exact) mass is 160 g/mol. The minimum Gasteiger partial charge on any atom is -0.379 e. The predicted molar refractivity (Wildman–Crippen MR) is 42.5 cm³/mol. The van der Waals surface area contributed by atoms with Crippen molar-refractivity contribution in [1.82, 2.24) is 0 Å². The molecule has 0 spiro atoms. The fourth-order valence-corrected chi connectivity index (χ4v) is 0.571. The Morgan fingerprint density at radius 3 is 2.55 bits per heavy atom. The molecule has 3 nitrogen and oxygen atoms in total. The van der Waals surface area contributed by atoms with Gasteiger partial charge >= 0.3 is 0 Å². The zero-order valence-electron chi connectivity index (χ0n) is 7.21. The lowest BCUT2D eigenvalue weighted by Gasteiger charge is -2.05. The van der Waals surface area contributed by atoms with E-state index >= 15 is 0 Å². The Morgan fingerprint density at radius 1 is 1.36 bits per heavy atom. The summed E-state index contributed by atoms with van der Waals surface area (Å²) in [6.07, 6.45) is 0.890. The molecule has 3 heteroatoms. The lowest BCUT2D eigenvalue weighted by atomic mass is 10.2. The first kappa shape index (κ1) is 10.6. The summed E-state index contributed by atoms with van der Waals surface area (Å²) in [6, 6.07) is 0. The molecule has 0 rings (SSSR count). The molecule has 0 bridgehead atoms. The standard InChI is InChI=1S/C8H16O3/c1-3-10-4-5-11-7-8(2)6-9/h6,8H,3-5,7H2,1-2H3/t8-/m1/s1. The molecule has 0 aromatic carbocycles. The molecule has 0 aromatic heterocycles. The average Bonchev–Trinajstić information content (AvgIpc) is 2.04. The number of ether oxygens (including phenoxy) is 2. The van der Waals surface area contributed by atoms with Gasteiger partial charge < -0.3 is 14.3 Å². The molecule has 0 saturated heterocycles. The van der Waals surface area contributed by atoms with Crippen LogP contribution in [0, 0.1) is 5.92 Å². The number of hydrogen-bond acceptors (Lipinski definition) is 3. The van der Waals surface area contributed by atoms with Gasteiger partial charge in [-0.15, -0.1) is 0 Å². The van der Waals surface area contributed by atoms with Gasteiger partial charge in [0.25, 0.3) is 0 Å². The van der Waals surface area contributed by atoms with Gasteiger partial charge in [0.05, 0.1) is 19.8 Å². The van der Waals surface area contributed by atoms with Gasteiger partial charge in [-0.05, 0) is 6.92 Å². The van der Waals surface area contributed by atoms with E-state index in [0.717, 1.165) is 6.29 Å². The fourth-order valence-electron chi connectivity index (χ4n) is 0.571. The molecule has 0 aliphatic heterocycles. The second-order valence-electron chi connectivity index (χ2n) is 2.39. The van der Waals surface area contributed by atoms with Crippen LogP contribution in [-0.4, -0.2) is 32.7 Å². The molecule has 11 heavy (non-hydrogen) atoms. The highest BCUT2D eigenvalue weighted by Gasteiger charge is 1.97. The van der Waals surface area contributed by atoms with E-state index in [1.165, 1.54) is 0 Å². The minimum atomic E-state index is -0.00312. The third-order valence-electron chi connectivity index (χ3n) is 1.19. The predicted octanol–water partition coefficient (Wildman–Crippen LogP) is 0.875. The maximum atomic E-state index is 10.1. The Kier molecular flexibility index (Phi) is 7.41. The zero-order valence-corrected chi connectivity index (χ0v) is 7.21. The van der Waals surface area contributed by atoms with Gasteiger partial charge in [-0.2, -0.15) is 0 Å². The smallest absolute Gasteiger partial charge is 0.125 e. The zero-order chi connectivity index (χ0) is 8.53. The number of aldehydes is 1. The molecule has 0 aliphatic carbocycles. The van der Waals surface area contributed by atoms with Gasteiger partial charge in [0.15, 0.2) is 0 Å². The Labute approximate surface area is 67.7 Å². The number of carbonyl (C=O) groups is 1. The summed E-state index contributed by atoms with van der Waals surface area (Å²) in [5.41, 5.74) is 0. The normalized spacial score (nSPS) is 12.9. The molecule has 0 aliphatic rings. The van der Waals surface area contributed by atoms with Gasteiger partial charge in [0.2, 0.25) is 0 Å². The Bertz CT molecular complexity index is 93.3. The first-order chi connectivity index (χ1) is 5.31. The molecular formula is C8H16O3. The highest BCUT2D eigenvalue weighted by molar-refractivity contribution is 5.52. The topological polar surface area (TPSA) is 35.5 Å². The van der Waals surface area contributed by atoms with Crippen LogP contribution in [0.5, 0.6) is 0 Å². The average molecular weight is 160 g/mol. The van der Waals surface area contributed by atoms with E-state index in [1.54, 1.807) is 0 Å². The molecule has 0 heterocycles. The maximum Gasteiger partial charge on any atom is 0.125 e. The van der Waals surface area contributed by atoms with E-state index in [9.17, 15) is 4.79 Å². The largest absolute Gasteiger partial charge is 0.379 e. The van der Waals surface area contributed by atoms with Gasteiger partial charge in [0, 0.05) is 12.5 Å². The highest BCUT2D eigenvalue weighted by Crippen LogP contribution is 1.89. The van der Waals surface area contributed by atoms with Crippen molar-refractivity contribution in [1.29, 1.82) is 0 Å². The molecule has 0 radical (unpaired) electrons. The van der Waals surface area contributed by atoms with Crippen molar-refractivity contribution < 1.29 is 14.3 Å². The first-order valence-corrected chi connectivity index (χ1v) is 3.92. The van der Waals surface area contributed by atoms with E-state index in [4.69, 9.17) is 9.47 Å². The molecule has 1 atom stereocenters. The number of rotatable bonds is 7. The Morgan fingerprint density at radius 2 is 2.00 bits per heavy atom. The maximum absolute atomic E-state index is 10.1. The van der Waals surface area contributed by atoms with Crippen LogP contribution >= 0.6 is 0 Å². The van der Waals surface area contributed by atoms with Gasteiger partial charge in [0.1, 0.15) is 6.29 Å². The van der Waals surface area contributed by atoms with E-state index in [1.807, 2.05) is 13.8 Å². The van der Waals surface area contributed by atoms with Crippen LogP contribution in [0.25, 0.3) is 0 Å². The van der Waals surface area contributed by atoms with Crippen LogP contribution in [0.2, 0.25) is 0 Å². The lowest BCUT2D eigenvalue weighted by Crippen LogP contribution is -2.11. The molecule has 0 amide bonds. The summed E-state index contributed by atoms with van der Waals surface area (Å²) < 4.78 is 10.2. The summed E-state index contributed by atoms with van der Waals surface area (Å²) in [7, 11) is 0. The van der Waals surface area contributed by atoms with Crippen LogP contribution in [0.4, 0.5) is 0 Å². The fraction of sp³-hybridized carbons (Fsp3) is 0.875. The van der Waals surface area contributed by atoms with Crippen molar-refractivity contribution in [3.05, 3.63) is 0 Å². The van der Waals surface area contributed by atoms with Crippen molar-refractivity contribution in [3.8, 4) is 0 Å². The molecular weight excluding hydrogens is 144 g/mol. The SMILES string of the molecule is CCOCCOC[C@H](C)C=O. The van der Waals surface area contributed by atoms with Gasteiger partial charge in [-0.1, -0.05) is 6.92 Å². The van der Waals surface area contributed by atoms with Gasteiger partial charge in [-0.3, -0.25) is 0 Å².